The SMILES string of the molecule is CCOCC(O)CNC(C)CSC. The minimum Gasteiger partial charge on any atom is -0.389 e. The topological polar surface area (TPSA) is 41.5 Å². The summed E-state index contributed by atoms with van der Waals surface area (Å²) in [5.41, 5.74) is 0. The largest absolute Gasteiger partial charge is 0.389 e. The molecule has 0 aliphatic rings. The van der Waals surface area contributed by atoms with Gasteiger partial charge < -0.3 is 15.2 Å². The van der Waals surface area contributed by atoms with E-state index in [2.05, 4.69) is 18.5 Å². The predicted molar refractivity (Wildman–Crippen MR) is 58.3 cm³/mol. The Balaban J connectivity index is 3.29. The zero-order chi connectivity index (χ0) is 10.1. The molecule has 0 aromatic rings. The molecule has 13 heavy (non-hydrogen) atoms. The van der Waals surface area contributed by atoms with Crippen LogP contribution in [0.2, 0.25) is 0 Å². The van der Waals surface area contributed by atoms with Gasteiger partial charge in [-0.3, -0.25) is 0 Å². The molecular weight excluding hydrogens is 186 g/mol. The molecule has 0 spiro atoms. The van der Waals surface area contributed by atoms with E-state index in [1.807, 2.05) is 6.92 Å². The Morgan fingerprint density at radius 3 is 2.77 bits per heavy atom. The molecule has 0 saturated carbocycles. The molecule has 2 N–H and O–H groups in total. The summed E-state index contributed by atoms with van der Waals surface area (Å²) in [5, 5.41) is 12.6. The lowest BCUT2D eigenvalue weighted by Gasteiger charge is -2.16. The number of hydrogen-bond acceptors (Lipinski definition) is 4. The molecule has 0 bridgehead atoms. The van der Waals surface area contributed by atoms with Crippen molar-refractivity contribution in [1.29, 1.82) is 0 Å². The number of hydrogen-bond donors (Lipinski definition) is 2. The Labute approximate surface area is 85.2 Å². The molecule has 0 aromatic carbocycles. The molecular formula is C9H21NO2S. The van der Waals surface area contributed by atoms with Crippen LogP contribution in [0.1, 0.15) is 13.8 Å². The van der Waals surface area contributed by atoms with Crippen molar-refractivity contribution < 1.29 is 9.84 Å². The summed E-state index contributed by atoms with van der Waals surface area (Å²) in [6.07, 6.45) is 1.69. The zero-order valence-electron chi connectivity index (χ0n) is 8.75. The normalized spacial score (nSPS) is 15.7. The average Bonchev–Trinajstić information content (AvgIpc) is 2.12. The van der Waals surface area contributed by atoms with Crippen molar-refractivity contribution in [2.24, 2.45) is 0 Å². The number of thioether (sulfide) groups is 1. The summed E-state index contributed by atoms with van der Waals surface area (Å²) in [5.74, 6) is 1.07. The predicted octanol–water partition coefficient (Wildman–Crippen LogP) is 0.725. The van der Waals surface area contributed by atoms with E-state index in [9.17, 15) is 5.11 Å². The van der Waals surface area contributed by atoms with Crippen molar-refractivity contribution in [2.45, 2.75) is 26.0 Å². The highest BCUT2D eigenvalue weighted by atomic mass is 32.2. The number of rotatable bonds is 8. The maximum Gasteiger partial charge on any atom is 0.0897 e. The Hall–Kier alpha value is 0.230. The third-order valence-electron chi connectivity index (χ3n) is 1.63. The summed E-state index contributed by atoms with van der Waals surface area (Å²) < 4.78 is 5.09. The Morgan fingerprint density at radius 2 is 2.23 bits per heavy atom. The smallest absolute Gasteiger partial charge is 0.0897 e. The molecule has 2 unspecified atom stereocenters. The van der Waals surface area contributed by atoms with E-state index in [0.29, 0.717) is 25.8 Å². The van der Waals surface area contributed by atoms with E-state index in [1.165, 1.54) is 0 Å². The number of aliphatic hydroxyl groups is 1. The summed E-state index contributed by atoms with van der Waals surface area (Å²) in [6, 6.07) is 0.450. The molecule has 2 atom stereocenters. The molecule has 80 valence electrons. The van der Waals surface area contributed by atoms with Gasteiger partial charge in [-0.05, 0) is 20.1 Å². The first kappa shape index (κ1) is 13.2. The fourth-order valence-corrected chi connectivity index (χ4v) is 1.58. The molecule has 0 fully saturated rings. The minimum absolute atomic E-state index is 0.385. The monoisotopic (exact) mass is 207 g/mol. The van der Waals surface area contributed by atoms with Gasteiger partial charge in [0.05, 0.1) is 12.7 Å². The van der Waals surface area contributed by atoms with Gasteiger partial charge in [0.2, 0.25) is 0 Å². The Kier molecular flexibility index (Phi) is 8.97. The summed E-state index contributed by atoms with van der Waals surface area (Å²) in [7, 11) is 0. The van der Waals surface area contributed by atoms with Crippen molar-refractivity contribution in [3.8, 4) is 0 Å². The second-order valence-electron chi connectivity index (χ2n) is 3.08. The van der Waals surface area contributed by atoms with Crippen LogP contribution in [0.25, 0.3) is 0 Å². The maximum absolute atomic E-state index is 9.40. The second-order valence-corrected chi connectivity index (χ2v) is 3.99. The highest BCUT2D eigenvalue weighted by Crippen LogP contribution is 1.96. The second kappa shape index (κ2) is 8.81. The standard InChI is InChI=1S/C9H21NO2S/c1-4-12-6-9(11)5-10-8(2)7-13-3/h8-11H,4-7H2,1-3H3. The molecule has 0 radical (unpaired) electrons. The van der Waals surface area contributed by atoms with E-state index in [1.54, 1.807) is 11.8 Å². The Bertz CT molecular complexity index is 114. The third-order valence-corrected chi connectivity index (χ3v) is 2.47. The fraction of sp³-hybridized carbons (Fsp3) is 1.00. The molecule has 0 saturated heterocycles. The van der Waals surface area contributed by atoms with Crippen molar-refractivity contribution in [2.75, 3.05) is 31.8 Å². The van der Waals surface area contributed by atoms with Gasteiger partial charge in [0.25, 0.3) is 0 Å². The molecule has 0 aliphatic carbocycles. The maximum atomic E-state index is 9.40. The van der Waals surface area contributed by atoms with E-state index < -0.39 is 0 Å². The van der Waals surface area contributed by atoms with Crippen molar-refractivity contribution in [3.63, 3.8) is 0 Å². The van der Waals surface area contributed by atoms with E-state index in [-0.39, 0.29) is 6.10 Å². The molecule has 3 nitrogen and oxygen atoms in total. The molecule has 0 amide bonds. The average molecular weight is 207 g/mol. The van der Waals surface area contributed by atoms with Gasteiger partial charge in [-0.15, -0.1) is 0 Å². The van der Waals surface area contributed by atoms with Gasteiger partial charge in [-0.2, -0.15) is 11.8 Å². The van der Waals surface area contributed by atoms with E-state index >= 15 is 0 Å². The van der Waals surface area contributed by atoms with Crippen molar-refractivity contribution in [1.82, 2.24) is 5.32 Å². The number of aliphatic hydroxyl groups excluding tert-OH is 1. The van der Waals surface area contributed by atoms with Crippen LogP contribution in [0.4, 0.5) is 0 Å². The fourth-order valence-electron chi connectivity index (χ4n) is 0.959. The molecule has 4 heteroatoms. The van der Waals surface area contributed by atoms with Crippen LogP contribution in [0, 0.1) is 0 Å². The van der Waals surface area contributed by atoms with Gasteiger partial charge >= 0.3 is 0 Å². The number of nitrogens with one attached hydrogen (secondary N) is 1. The molecule has 0 aliphatic heterocycles. The van der Waals surface area contributed by atoms with Gasteiger partial charge in [0.1, 0.15) is 0 Å². The van der Waals surface area contributed by atoms with Gasteiger partial charge in [0.15, 0.2) is 0 Å². The lowest BCUT2D eigenvalue weighted by atomic mass is 10.3. The van der Waals surface area contributed by atoms with Gasteiger partial charge in [0, 0.05) is 24.9 Å². The van der Waals surface area contributed by atoms with Crippen LogP contribution in [-0.2, 0) is 4.74 Å². The molecule has 0 rings (SSSR count). The van der Waals surface area contributed by atoms with Crippen LogP contribution < -0.4 is 5.32 Å². The Morgan fingerprint density at radius 1 is 1.54 bits per heavy atom. The quantitative estimate of drug-likeness (QED) is 0.615. The summed E-state index contributed by atoms with van der Waals surface area (Å²) in [4.78, 5) is 0. The van der Waals surface area contributed by atoms with Crippen molar-refractivity contribution in [3.05, 3.63) is 0 Å². The van der Waals surface area contributed by atoms with E-state index in [0.717, 1.165) is 5.75 Å². The lowest BCUT2D eigenvalue weighted by molar-refractivity contribution is 0.0420. The van der Waals surface area contributed by atoms with Crippen LogP contribution in [-0.4, -0.2) is 49.0 Å². The highest BCUT2D eigenvalue weighted by Gasteiger charge is 2.05. The summed E-state index contributed by atoms with van der Waals surface area (Å²) >= 11 is 1.80. The lowest BCUT2D eigenvalue weighted by Crippen LogP contribution is -2.37. The van der Waals surface area contributed by atoms with Crippen LogP contribution in [0.3, 0.4) is 0 Å². The first-order valence-electron chi connectivity index (χ1n) is 4.68. The molecule has 0 aromatic heterocycles. The van der Waals surface area contributed by atoms with Crippen molar-refractivity contribution >= 4 is 11.8 Å². The van der Waals surface area contributed by atoms with Crippen LogP contribution in [0.5, 0.6) is 0 Å². The highest BCUT2D eigenvalue weighted by molar-refractivity contribution is 7.98. The molecule has 0 heterocycles. The minimum atomic E-state index is -0.385. The third kappa shape index (κ3) is 8.56. The van der Waals surface area contributed by atoms with Crippen LogP contribution in [0.15, 0.2) is 0 Å². The number of ether oxygens (including phenoxy) is 1. The van der Waals surface area contributed by atoms with Crippen LogP contribution >= 0.6 is 11.8 Å². The first-order valence-corrected chi connectivity index (χ1v) is 6.08. The van der Waals surface area contributed by atoms with Gasteiger partial charge in [-0.25, -0.2) is 0 Å². The van der Waals surface area contributed by atoms with E-state index in [4.69, 9.17) is 4.74 Å². The summed E-state index contributed by atoms with van der Waals surface area (Å²) in [6.45, 7) is 5.75. The van der Waals surface area contributed by atoms with Gasteiger partial charge in [-0.1, -0.05) is 0 Å². The first-order chi connectivity index (χ1) is 6.20. The zero-order valence-corrected chi connectivity index (χ0v) is 9.56.